The van der Waals surface area contributed by atoms with Gasteiger partial charge in [0.15, 0.2) is 0 Å². The van der Waals surface area contributed by atoms with Gasteiger partial charge in [-0.3, -0.25) is 4.90 Å². The van der Waals surface area contributed by atoms with Gasteiger partial charge in [-0.2, -0.15) is 5.26 Å². The summed E-state index contributed by atoms with van der Waals surface area (Å²) in [5.41, 5.74) is 0.470. The molecule has 4 heterocycles. The van der Waals surface area contributed by atoms with Crippen LogP contribution in [0.1, 0.15) is 55.4 Å². The van der Waals surface area contributed by atoms with E-state index in [9.17, 15) is 0 Å². The lowest BCUT2D eigenvalue weighted by Crippen LogP contribution is -2.36. The van der Waals surface area contributed by atoms with Crippen LogP contribution in [-0.4, -0.2) is 50.8 Å². The van der Waals surface area contributed by atoms with Gasteiger partial charge < -0.3 is 9.47 Å². The summed E-state index contributed by atoms with van der Waals surface area (Å²) in [6, 6.07) is 7.78. The number of pyridine rings is 1. The summed E-state index contributed by atoms with van der Waals surface area (Å²) in [6.07, 6.45) is 6.13. The highest BCUT2D eigenvalue weighted by atomic mass is 15.3. The Kier molecular flexibility index (Phi) is 5.35. The van der Waals surface area contributed by atoms with Gasteiger partial charge in [0.1, 0.15) is 29.2 Å². The summed E-state index contributed by atoms with van der Waals surface area (Å²) in [5, 5.41) is 18.2. The van der Waals surface area contributed by atoms with E-state index in [4.69, 9.17) is 5.26 Å². The summed E-state index contributed by atoms with van der Waals surface area (Å²) in [5.74, 6) is 3.37. The molecular formula is C20H27N7. The number of piperidine rings is 2. The van der Waals surface area contributed by atoms with E-state index in [2.05, 4.69) is 42.7 Å². The minimum atomic E-state index is 0.346. The van der Waals surface area contributed by atoms with Gasteiger partial charge in [0.2, 0.25) is 0 Å². The molecule has 7 heteroatoms. The third-order valence-corrected chi connectivity index (χ3v) is 5.77. The minimum absolute atomic E-state index is 0.346. The van der Waals surface area contributed by atoms with Crippen LogP contribution in [0.2, 0.25) is 0 Å². The van der Waals surface area contributed by atoms with Crippen molar-refractivity contribution in [3.8, 4) is 6.07 Å². The van der Waals surface area contributed by atoms with Gasteiger partial charge in [0, 0.05) is 26.1 Å². The first-order valence-corrected chi connectivity index (χ1v) is 9.97. The zero-order chi connectivity index (χ0) is 18.6. The Balaban J connectivity index is 1.47. The van der Waals surface area contributed by atoms with E-state index in [1.807, 2.05) is 12.1 Å². The molecule has 2 aromatic rings. The van der Waals surface area contributed by atoms with Crippen LogP contribution >= 0.6 is 0 Å². The number of hydrogen-bond acceptors (Lipinski definition) is 6. The van der Waals surface area contributed by atoms with Crippen molar-refractivity contribution < 1.29 is 0 Å². The first-order valence-electron chi connectivity index (χ1n) is 9.97. The molecule has 0 amide bonds. The molecular weight excluding hydrogens is 338 g/mol. The number of anilines is 1. The highest BCUT2D eigenvalue weighted by Crippen LogP contribution is 2.28. The molecule has 1 unspecified atom stereocenters. The van der Waals surface area contributed by atoms with Crippen molar-refractivity contribution in [3.63, 3.8) is 0 Å². The molecule has 2 aliphatic heterocycles. The third-order valence-electron chi connectivity index (χ3n) is 5.77. The fraction of sp³-hybridized carbons (Fsp3) is 0.600. The second-order valence-corrected chi connectivity index (χ2v) is 7.65. The van der Waals surface area contributed by atoms with E-state index < -0.39 is 0 Å². The summed E-state index contributed by atoms with van der Waals surface area (Å²) in [7, 11) is 2.10. The van der Waals surface area contributed by atoms with Crippen LogP contribution in [0.5, 0.6) is 0 Å². The van der Waals surface area contributed by atoms with Crippen molar-refractivity contribution in [1.29, 1.82) is 5.26 Å². The van der Waals surface area contributed by atoms with Crippen LogP contribution in [-0.2, 0) is 13.6 Å². The lowest BCUT2D eigenvalue weighted by Gasteiger charge is -2.33. The Morgan fingerprint density at radius 2 is 1.96 bits per heavy atom. The molecule has 0 aromatic carbocycles. The van der Waals surface area contributed by atoms with Crippen LogP contribution in [0, 0.1) is 11.3 Å². The van der Waals surface area contributed by atoms with Crippen molar-refractivity contribution in [2.75, 3.05) is 31.1 Å². The molecule has 0 spiro atoms. The predicted octanol–water partition coefficient (Wildman–Crippen LogP) is 2.45. The number of nitriles is 1. The highest BCUT2D eigenvalue weighted by molar-refractivity contribution is 5.42. The van der Waals surface area contributed by atoms with E-state index in [0.717, 1.165) is 49.9 Å². The number of likely N-dealkylation sites (tertiary alicyclic amines) is 1. The first kappa shape index (κ1) is 17.9. The minimum Gasteiger partial charge on any atom is -0.356 e. The summed E-state index contributed by atoms with van der Waals surface area (Å²) >= 11 is 0. The van der Waals surface area contributed by atoms with Crippen molar-refractivity contribution in [2.24, 2.45) is 7.05 Å². The normalized spacial score (nSPS) is 21.2. The van der Waals surface area contributed by atoms with Gasteiger partial charge in [-0.25, -0.2) is 4.98 Å². The number of aromatic nitrogens is 4. The Labute approximate surface area is 160 Å². The van der Waals surface area contributed by atoms with Gasteiger partial charge in [0.25, 0.3) is 0 Å². The van der Waals surface area contributed by atoms with Gasteiger partial charge in [-0.05, 0) is 50.9 Å². The molecule has 0 bridgehead atoms. The summed E-state index contributed by atoms with van der Waals surface area (Å²) < 4.78 is 2.20. The van der Waals surface area contributed by atoms with Crippen molar-refractivity contribution >= 4 is 5.82 Å². The zero-order valence-corrected chi connectivity index (χ0v) is 16.0. The van der Waals surface area contributed by atoms with Crippen LogP contribution in [0.4, 0.5) is 5.82 Å². The third kappa shape index (κ3) is 3.96. The van der Waals surface area contributed by atoms with Gasteiger partial charge in [-0.1, -0.05) is 12.5 Å². The monoisotopic (exact) mass is 365 g/mol. The fourth-order valence-electron chi connectivity index (χ4n) is 4.24. The first-order chi connectivity index (χ1) is 13.2. The Bertz CT molecular complexity index is 816. The highest BCUT2D eigenvalue weighted by Gasteiger charge is 2.27. The second kappa shape index (κ2) is 8.05. The molecule has 0 saturated carbocycles. The molecule has 0 aliphatic carbocycles. The maximum atomic E-state index is 9.11. The van der Waals surface area contributed by atoms with Crippen LogP contribution in [0.3, 0.4) is 0 Å². The smallest absolute Gasteiger partial charge is 0.146 e. The molecule has 2 saturated heterocycles. The molecule has 142 valence electrons. The molecule has 2 aromatic heterocycles. The Morgan fingerprint density at radius 3 is 2.78 bits per heavy atom. The Morgan fingerprint density at radius 1 is 1.11 bits per heavy atom. The standard InChI is InChI=1S/C20H27N7/c1-25-19(15-26-10-3-2-4-11-26)23-24-20(25)16-7-6-12-27(14-16)18-9-5-8-17(13-21)22-18/h5,8-9,16H,2-4,6-7,10-12,14-15H2,1H3. The van der Waals surface area contributed by atoms with Crippen LogP contribution in [0.25, 0.3) is 0 Å². The zero-order valence-electron chi connectivity index (χ0n) is 16.0. The number of nitrogens with zero attached hydrogens (tertiary/aromatic N) is 7. The lowest BCUT2D eigenvalue weighted by atomic mass is 9.97. The molecule has 4 rings (SSSR count). The summed E-state index contributed by atoms with van der Waals surface area (Å²) in [4.78, 5) is 9.22. The fourth-order valence-corrected chi connectivity index (χ4v) is 4.24. The van der Waals surface area contributed by atoms with Crippen molar-refractivity contribution in [2.45, 2.75) is 44.6 Å². The largest absolute Gasteiger partial charge is 0.356 e. The quantitative estimate of drug-likeness (QED) is 0.829. The maximum absolute atomic E-state index is 9.11. The molecule has 2 fully saturated rings. The van der Waals surface area contributed by atoms with E-state index in [1.54, 1.807) is 6.07 Å². The molecule has 0 radical (unpaired) electrons. The van der Waals surface area contributed by atoms with Gasteiger partial charge >= 0.3 is 0 Å². The molecule has 27 heavy (non-hydrogen) atoms. The maximum Gasteiger partial charge on any atom is 0.146 e. The lowest BCUT2D eigenvalue weighted by molar-refractivity contribution is 0.213. The molecule has 7 nitrogen and oxygen atoms in total. The van der Waals surface area contributed by atoms with Crippen LogP contribution < -0.4 is 4.90 Å². The van der Waals surface area contributed by atoms with Crippen molar-refractivity contribution in [3.05, 3.63) is 35.5 Å². The molecule has 2 aliphatic rings. The van der Waals surface area contributed by atoms with Crippen LogP contribution in [0.15, 0.2) is 18.2 Å². The second-order valence-electron chi connectivity index (χ2n) is 7.65. The topological polar surface area (TPSA) is 73.9 Å². The average Bonchev–Trinajstić information content (AvgIpc) is 3.09. The van der Waals surface area contributed by atoms with Crippen molar-refractivity contribution in [1.82, 2.24) is 24.6 Å². The average molecular weight is 365 g/mol. The van der Waals surface area contributed by atoms with E-state index in [-0.39, 0.29) is 0 Å². The number of rotatable bonds is 4. The SMILES string of the molecule is Cn1c(CN2CCCCC2)nnc1C1CCCN(c2cccc(C#N)n2)C1. The van der Waals surface area contributed by atoms with E-state index in [0.29, 0.717) is 11.6 Å². The van der Waals surface area contributed by atoms with E-state index in [1.165, 1.54) is 32.4 Å². The van der Waals surface area contributed by atoms with Gasteiger partial charge in [0.05, 0.1) is 6.54 Å². The summed E-state index contributed by atoms with van der Waals surface area (Å²) in [6.45, 7) is 5.07. The predicted molar refractivity (Wildman–Crippen MR) is 103 cm³/mol. The van der Waals surface area contributed by atoms with Gasteiger partial charge in [-0.15, -0.1) is 10.2 Å². The number of hydrogen-bond donors (Lipinski definition) is 0. The Hall–Kier alpha value is -2.46. The van der Waals surface area contributed by atoms with E-state index >= 15 is 0 Å². The molecule has 0 N–H and O–H groups in total. The molecule has 1 atom stereocenters.